The molecule has 1 aliphatic rings. The Labute approximate surface area is 101 Å². The Morgan fingerprint density at radius 3 is 2.59 bits per heavy atom. The number of anilines is 1. The van der Waals surface area contributed by atoms with E-state index in [9.17, 15) is 0 Å². The Morgan fingerprint density at radius 2 is 1.76 bits per heavy atom. The molecule has 0 aliphatic carbocycles. The summed E-state index contributed by atoms with van der Waals surface area (Å²) < 4.78 is 0. The van der Waals surface area contributed by atoms with Crippen molar-refractivity contribution in [1.82, 2.24) is 10.2 Å². The molecule has 0 unspecified atom stereocenters. The second-order valence-electron chi connectivity index (χ2n) is 4.70. The highest BCUT2D eigenvalue weighted by atomic mass is 15.2. The van der Waals surface area contributed by atoms with Crippen LogP contribution in [-0.2, 0) is 0 Å². The Kier molecular flexibility index (Phi) is 2.67. The molecule has 1 aromatic carbocycles. The number of hydrogen-bond acceptors (Lipinski definition) is 3. The quantitative estimate of drug-likeness (QED) is 0.750. The number of nitrogens with zero attached hydrogens (tertiary/aromatic N) is 3. The van der Waals surface area contributed by atoms with Crippen LogP contribution in [0.3, 0.4) is 0 Å². The van der Waals surface area contributed by atoms with E-state index in [1.165, 1.54) is 30.3 Å². The smallest absolute Gasteiger partial charge is 0.0950 e. The lowest BCUT2D eigenvalue weighted by atomic mass is 10.1. The second kappa shape index (κ2) is 4.32. The van der Waals surface area contributed by atoms with Gasteiger partial charge in [0.15, 0.2) is 0 Å². The van der Waals surface area contributed by atoms with Gasteiger partial charge in [0.2, 0.25) is 0 Å². The van der Waals surface area contributed by atoms with Crippen molar-refractivity contribution in [2.24, 2.45) is 0 Å². The SMILES string of the molecule is Cc1nnc2ccccc2c1N1CCCCC1. The molecule has 17 heavy (non-hydrogen) atoms. The van der Waals surface area contributed by atoms with Gasteiger partial charge in [-0.2, -0.15) is 10.2 Å². The van der Waals surface area contributed by atoms with E-state index in [2.05, 4.69) is 34.2 Å². The molecule has 0 radical (unpaired) electrons. The lowest BCUT2D eigenvalue weighted by Gasteiger charge is -2.30. The van der Waals surface area contributed by atoms with Crippen LogP contribution in [0.25, 0.3) is 10.9 Å². The molecule has 2 heterocycles. The van der Waals surface area contributed by atoms with Crippen LogP contribution in [0.15, 0.2) is 24.3 Å². The van der Waals surface area contributed by atoms with E-state index in [0.717, 1.165) is 24.3 Å². The van der Waals surface area contributed by atoms with Gasteiger partial charge in [-0.1, -0.05) is 18.2 Å². The molecule has 1 saturated heterocycles. The number of rotatable bonds is 1. The van der Waals surface area contributed by atoms with E-state index in [1.807, 2.05) is 12.1 Å². The first kappa shape index (κ1) is 10.5. The van der Waals surface area contributed by atoms with Gasteiger partial charge in [-0.05, 0) is 32.3 Å². The van der Waals surface area contributed by atoms with Crippen LogP contribution in [-0.4, -0.2) is 23.3 Å². The molecule has 3 nitrogen and oxygen atoms in total. The van der Waals surface area contributed by atoms with Crippen LogP contribution in [0.5, 0.6) is 0 Å². The molecule has 88 valence electrons. The average molecular weight is 227 g/mol. The number of hydrogen-bond donors (Lipinski definition) is 0. The average Bonchev–Trinajstić information content (AvgIpc) is 2.39. The molecule has 0 atom stereocenters. The zero-order valence-electron chi connectivity index (χ0n) is 10.2. The molecule has 2 aromatic rings. The topological polar surface area (TPSA) is 29.0 Å². The third kappa shape index (κ3) is 1.86. The fourth-order valence-corrected chi connectivity index (χ4v) is 2.65. The molecule has 0 amide bonds. The van der Waals surface area contributed by atoms with E-state index in [0.29, 0.717) is 0 Å². The van der Waals surface area contributed by atoms with Crippen LogP contribution in [0, 0.1) is 6.92 Å². The van der Waals surface area contributed by atoms with Crippen molar-refractivity contribution in [3.63, 3.8) is 0 Å². The normalized spacial score (nSPS) is 16.4. The summed E-state index contributed by atoms with van der Waals surface area (Å²) in [5, 5.41) is 9.79. The second-order valence-corrected chi connectivity index (χ2v) is 4.70. The predicted octanol–water partition coefficient (Wildman–Crippen LogP) is 2.93. The number of fused-ring (bicyclic) bond motifs is 1. The monoisotopic (exact) mass is 227 g/mol. The van der Waals surface area contributed by atoms with Crippen LogP contribution in [0.2, 0.25) is 0 Å². The van der Waals surface area contributed by atoms with Gasteiger partial charge in [-0.25, -0.2) is 0 Å². The van der Waals surface area contributed by atoms with Crippen molar-refractivity contribution < 1.29 is 0 Å². The molecule has 3 rings (SSSR count). The summed E-state index contributed by atoms with van der Waals surface area (Å²) in [6.07, 6.45) is 3.93. The van der Waals surface area contributed by atoms with Gasteiger partial charge < -0.3 is 4.90 Å². The van der Waals surface area contributed by atoms with E-state index in [4.69, 9.17) is 0 Å². The van der Waals surface area contributed by atoms with Crippen LogP contribution >= 0.6 is 0 Å². The third-order valence-corrected chi connectivity index (χ3v) is 3.48. The van der Waals surface area contributed by atoms with Crippen molar-refractivity contribution in [1.29, 1.82) is 0 Å². The van der Waals surface area contributed by atoms with Crippen molar-refractivity contribution in [3.8, 4) is 0 Å². The predicted molar refractivity (Wildman–Crippen MR) is 70.3 cm³/mol. The minimum absolute atomic E-state index is 0.999. The highest BCUT2D eigenvalue weighted by molar-refractivity contribution is 5.92. The van der Waals surface area contributed by atoms with Gasteiger partial charge in [0.05, 0.1) is 16.9 Å². The van der Waals surface area contributed by atoms with Gasteiger partial charge >= 0.3 is 0 Å². The lowest BCUT2D eigenvalue weighted by molar-refractivity contribution is 0.577. The highest BCUT2D eigenvalue weighted by Gasteiger charge is 2.16. The molecule has 1 aliphatic heterocycles. The minimum Gasteiger partial charge on any atom is -0.369 e. The maximum atomic E-state index is 4.29. The first-order valence-corrected chi connectivity index (χ1v) is 6.33. The van der Waals surface area contributed by atoms with Crippen molar-refractivity contribution in [2.75, 3.05) is 18.0 Å². The van der Waals surface area contributed by atoms with Gasteiger partial charge in [0.1, 0.15) is 0 Å². The zero-order chi connectivity index (χ0) is 11.7. The molecule has 0 saturated carbocycles. The van der Waals surface area contributed by atoms with E-state index in [1.54, 1.807) is 0 Å². The van der Waals surface area contributed by atoms with Crippen molar-refractivity contribution in [3.05, 3.63) is 30.0 Å². The minimum atomic E-state index is 0.999. The van der Waals surface area contributed by atoms with Crippen LogP contribution < -0.4 is 4.90 Å². The number of benzene rings is 1. The summed E-state index contributed by atoms with van der Waals surface area (Å²) in [4.78, 5) is 2.47. The highest BCUT2D eigenvalue weighted by Crippen LogP contribution is 2.29. The fraction of sp³-hybridized carbons (Fsp3) is 0.429. The maximum absolute atomic E-state index is 4.29. The molecule has 1 aromatic heterocycles. The number of piperidine rings is 1. The third-order valence-electron chi connectivity index (χ3n) is 3.48. The molecular weight excluding hydrogens is 210 g/mol. The van der Waals surface area contributed by atoms with Gasteiger partial charge in [0, 0.05) is 18.5 Å². The fourth-order valence-electron chi connectivity index (χ4n) is 2.65. The maximum Gasteiger partial charge on any atom is 0.0950 e. The summed E-state index contributed by atoms with van der Waals surface area (Å²) >= 11 is 0. The van der Waals surface area contributed by atoms with E-state index in [-0.39, 0.29) is 0 Å². The first-order valence-electron chi connectivity index (χ1n) is 6.33. The van der Waals surface area contributed by atoms with Gasteiger partial charge in [-0.15, -0.1) is 0 Å². The van der Waals surface area contributed by atoms with E-state index >= 15 is 0 Å². The molecule has 0 bridgehead atoms. The van der Waals surface area contributed by atoms with Gasteiger partial charge in [-0.3, -0.25) is 0 Å². The molecule has 3 heteroatoms. The number of aryl methyl sites for hydroxylation is 1. The first-order chi connectivity index (χ1) is 8.36. The summed E-state index contributed by atoms with van der Waals surface area (Å²) in [6.45, 7) is 4.36. The summed E-state index contributed by atoms with van der Waals surface area (Å²) in [7, 11) is 0. The van der Waals surface area contributed by atoms with Crippen molar-refractivity contribution >= 4 is 16.6 Å². The lowest BCUT2D eigenvalue weighted by Crippen LogP contribution is -2.30. The van der Waals surface area contributed by atoms with Crippen LogP contribution in [0.1, 0.15) is 25.0 Å². The summed E-state index contributed by atoms with van der Waals surface area (Å²) in [5.41, 5.74) is 3.33. The Balaban J connectivity index is 2.15. The Morgan fingerprint density at radius 1 is 1.00 bits per heavy atom. The van der Waals surface area contributed by atoms with E-state index < -0.39 is 0 Å². The molecule has 0 spiro atoms. The van der Waals surface area contributed by atoms with Crippen LogP contribution in [0.4, 0.5) is 5.69 Å². The summed E-state index contributed by atoms with van der Waals surface area (Å²) in [6, 6.07) is 8.29. The number of aromatic nitrogens is 2. The molecule has 1 fully saturated rings. The molecular formula is C14H17N3. The van der Waals surface area contributed by atoms with Crippen molar-refractivity contribution in [2.45, 2.75) is 26.2 Å². The Bertz CT molecular complexity index is 530. The molecule has 0 N–H and O–H groups in total. The van der Waals surface area contributed by atoms with Gasteiger partial charge in [0.25, 0.3) is 0 Å². The standard InChI is InChI=1S/C14H17N3/c1-11-14(17-9-5-2-6-10-17)12-7-3-4-8-13(12)16-15-11/h3-4,7-8H,2,5-6,9-10H2,1H3. The largest absolute Gasteiger partial charge is 0.369 e. The summed E-state index contributed by atoms with van der Waals surface area (Å²) in [5.74, 6) is 0. The zero-order valence-corrected chi connectivity index (χ0v) is 10.2. The Hall–Kier alpha value is -1.64.